The van der Waals surface area contributed by atoms with Crippen molar-refractivity contribution in [3.05, 3.63) is 0 Å². The summed E-state index contributed by atoms with van der Waals surface area (Å²) in [6.07, 6.45) is 1.83. The molecule has 1 heterocycles. The summed E-state index contributed by atoms with van der Waals surface area (Å²) in [5, 5.41) is 8.81. The van der Waals surface area contributed by atoms with Crippen molar-refractivity contribution in [1.82, 2.24) is 0 Å². The Morgan fingerprint density at radius 3 is 2.21 bits per heavy atom. The summed E-state index contributed by atoms with van der Waals surface area (Å²) in [4.78, 5) is 10.8. The molecule has 0 amide bonds. The number of carbonyl (C=O) groups is 1. The lowest BCUT2D eigenvalue weighted by atomic mass is 9.78. The summed E-state index contributed by atoms with van der Waals surface area (Å²) in [6.45, 7) is 0. The van der Waals surface area contributed by atoms with E-state index < -0.39 is 27.3 Å². The van der Waals surface area contributed by atoms with Crippen LogP contribution in [0.25, 0.3) is 0 Å². The fourth-order valence-corrected chi connectivity index (χ4v) is 4.73. The molecule has 1 unspecified atom stereocenters. The quantitative estimate of drug-likeness (QED) is 0.649. The highest BCUT2D eigenvalue weighted by atomic mass is 32.2. The van der Waals surface area contributed by atoms with Gasteiger partial charge in [0.15, 0.2) is 9.84 Å². The third kappa shape index (κ3) is 1.33. The minimum absolute atomic E-state index is 0.0435. The van der Waals surface area contributed by atoms with Gasteiger partial charge in [-0.1, -0.05) is 0 Å². The lowest BCUT2D eigenvalue weighted by Crippen LogP contribution is -2.62. The maximum Gasteiger partial charge on any atom is 0.321 e. The fourth-order valence-electron chi connectivity index (χ4n) is 2.35. The van der Waals surface area contributed by atoms with E-state index in [4.69, 9.17) is 10.8 Å². The molecule has 1 aliphatic heterocycles. The lowest BCUT2D eigenvalue weighted by molar-refractivity contribution is -0.141. The van der Waals surface area contributed by atoms with E-state index in [1.165, 1.54) is 0 Å². The van der Waals surface area contributed by atoms with Gasteiger partial charge in [-0.15, -0.1) is 0 Å². The van der Waals surface area contributed by atoms with E-state index in [2.05, 4.69) is 0 Å². The molecule has 80 valence electrons. The highest BCUT2D eigenvalue weighted by molar-refractivity contribution is 7.92. The van der Waals surface area contributed by atoms with Crippen molar-refractivity contribution in [3.8, 4) is 0 Å². The molecule has 0 aromatic rings. The number of carboxylic acids is 1. The zero-order valence-corrected chi connectivity index (χ0v) is 8.46. The molecule has 1 saturated carbocycles. The fraction of sp³-hybridized carbons (Fsp3) is 0.875. The van der Waals surface area contributed by atoms with Crippen LogP contribution in [0.15, 0.2) is 0 Å². The standard InChI is InChI=1S/C8H13NO4S/c9-6(7(10)11)8(5-1-2-5)3-14(12,13)4-8/h5-6H,1-4,9H2,(H,10,11). The second kappa shape index (κ2) is 2.70. The van der Waals surface area contributed by atoms with E-state index in [-0.39, 0.29) is 17.4 Å². The number of aliphatic carboxylic acids is 1. The summed E-state index contributed by atoms with van der Waals surface area (Å²) < 4.78 is 22.2. The number of sulfone groups is 1. The normalized spacial score (nSPS) is 30.4. The van der Waals surface area contributed by atoms with Crippen molar-refractivity contribution in [1.29, 1.82) is 0 Å². The molecule has 6 heteroatoms. The molecule has 2 aliphatic rings. The highest BCUT2D eigenvalue weighted by Gasteiger charge is 2.61. The van der Waals surface area contributed by atoms with Crippen molar-refractivity contribution in [3.63, 3.8) is 0 Å². The Labute approximate surface area is 82.2 Å². The van der Waals surface area contributed by atoms with Crippen LogP contribution in [0.1, 0.15) is 12.8 Å². The summed E-state index contributed by atoms with van der Waals surface area (Å²) in [7, 11) is -3.02. The number of rotatable bonds is 3. The minimum Gasteiger partial charge on any atom is -0.480 e. The van der Waals surface area contributed by atoms with Crippen LogP contribution in [0.3, 0.4) is 0 Å². The van der Waals surface area contributed by atoms with Crippen molar-refractivity contribution in [2.24, 2.45) is 17.1 Å². The van der Waals surface area contributed by atoms with E-state index in [9.17, 15) is 13.2 Å². The zero-order valence-electron chi connectivity index (χ0n) is 7.64. The summed E-state index contributed by atoms with van der Waals surface area (Å²) in [5.41, 5.74) is 4.89. The van der Waals surface area contributed by atoms with Gasteiger partial charge < -0.3 is 10.8 Å². The van der Waals surface area contributed by atoms with Crippen LogP contribution in [0, 0.1) is 11.3 Å². The number of nitrogens with two attached hydrogens (primary N) is 1. The van der Waals surface area contributed by atoms with Crippen molar-refractivity contribution < 1.29 is 18.3 Å². The van der Waals surface area contributed by atoms with Crippen LogP contribution in [-0.4, -0.2) is 37.0 Å². The Morgan fingerprint density at radius 2 is 1.93 bits per heavy atom. The maximum absolute atomic E-state index is 11.1. The van der Waals surface area contributed by atoms with Crippen LogP contribution >= 0.6 is 0 Å². The first-order valence-corrected chi connectivity index (χ1v) is 6.38. The maximum atomic E-state index is 11.1. The predicted molar refractivity (Wildman–Crippen MR) is 49.4 cm³/mol. The molecule has 5 nitrogen and oxygen atoms in total. The van der Waals surface area contributed by atoms with E-state index in [0.717, 1.165) is 12.8 Å². The van der Waals surface area contributed by atoms with E-state index in [0.29, 0.717) is 0 Å². The smallest absolute Gasteiger partial charge is 0.321 e. The van der Waals surface area contributed by atoms with E-state index >= 15 is 0 Å². The molecule has 0 aromatic carbocycles. The Kier molecular flexibility index (Phi) is 1.91. The Balaban J connectivity index is 2.21. The average molecular weight is 219 g/mol. The molecule has 3 N–H and O–H groups in total. The molecule has 14 heavy (non-hydrogen) atoms. The molecule has 1 aliphatic carbocycles. The summed E-state index contributed by atoms with van der Waals surface area (Å²) in [5.74, 6) is -0.972. The molecular weight excluding hydrogens is 206 g/mol. The Bertz CT molecular complexity index is 359. The first-order valence-electron chi connectivity index (χ1n) is 4.56. The minimum atomic E-state index is -3.02. The zero-order chi connectivity index (χ0) is 10.6. The molecule has 1 atom stereocenters. The second-order valence-corrected chi connectivity index (χ2v) is 6.42. The van der Waals surface area contributed by atoms with Crippen molar-refractivity contribution in [2.75, 3.05) is 11.5 Å². The first kappa shape index (κ1) is 9.92. The van der Waals surface area contributed by atoms with Gasteiger partial charge in [-0.2, -0.15) is 0 Å². The molecule has 2 rings (SSSR count). The van der Waals surface area contributed by atoms with Gasteiger partial charge in [-0.3, -0.25) is 4.79 Å². The van der Waals surface area contributed by atoms with Crippen LogP contribution in [-0.2, 0) is 14.6 Å². The topological polar surface area (TPSA) is 97.5 Å². The summed E-state index contributed by atoms with van der Waals surface area (Å²) >= 11 is 0. The van der Waals surface area contributed by atoms with Crippen LogP contribution in [0.4, 0.5) is 0 Å². The molecular formula is C8H13NO4S. The van der Waals surface area contributed by atoms with Crippen LogP contribution in [0.2, 0.25) is 0 Å². The average Bonchev–Trinajstić information content (AvgIpc) is 2.79. The molecule has 0 aromatic heterocycles. The molecule has 0 spiro atoms. The van der Waals surface area contributed by atoms with Gasteiger partial charge in [0.25, 0.3) is 0 Å². The first-order chi connectivity index (χ1) is 6.37. The monoisotopic (exact) mass is 219 g/mol. The molecule has 0 radical (unpaired) electrons. The van der Waals surface area contributed by atoms with Crippen LogP contribution in [0.5, 0.6) is 0 Å². The van der Waals surface area contributed by atoms with Crippen LogP contribution < -0.4 is 5.73 Å². The Morgan fingerprint density at radius 1 is 1.43 bits per heavy atom. The summed E-state index contributed by atoms with van der Waals surface area (Å²) in [6, 6.07) is -1.03. The predicted octanol–water partition coefficient (Wildman–Crippen LogP) is -0.777. The second-order valence-electron chi connectivity index (χ2n) is 4.36. The SMILES string of the molecule is NC(C(=O)O)C1(C2CC2)CS(=O)(=O)C1. The van der Waals surface area contributed by atoms with Gasteiger partial charge in [0.05, 0.1) is 11.5 Å². The molecule has 1 saturated heterocycles. The van der Waals surface area contributed by atoms with E-state index in [1.807, 2.05) is 0 Å². The third-order valence-electron chi connectivity index (χ3n) is 3.25. The van der Waals surface area contributed by atoms with Gasteiger partial charge in [-0.05, 0) is 18.8 Å². The molecule has 0 bridgehead atoms. The van der Waals surface area contributed by atoms with Crippen molar-refractivity contribution in [2.45, 2.75) is 18.9 Å². The number of hydrogen-bond acceptors (Lipinski definition) is 4. The van der Waals surface area contributed by atoms with Gasteiger partial charge in [0, 0.05) is 5.41 Å². The largest absolute Gasteiger partial charge is 0.480 e. The van der Waals surface area contributed by atoms with Gasteiger partial charge >= 0.3 is 5.97 Å². The highest BCUT2D eigenvalue weighted by Crippen LogP contribution is 2.53. The van der Waals surface area contributed by atoms with Gasteiger partial charge in [-0.25, -0.2) is 8.42 Å². The van der Waals surface area contributed by atoms with E-state index in [1.54, 1.807) is 0 Å². The van der Waals surface area contributed by atoms with Gasteiger partial charge in [0.2, 0.25) is 0 Å². The third-order valence-corrected chi connectivity index (χ3v) is 5.21. The van der Waals surface area contributed by atoms with Crippen molar-refractivity contribution >= 4 is 15.8 Å². The number of carboxylic acid groups (broad SMARTS) is 1. The molecule has 2 fully saturated rings. The Hall–Kier alpha value is -0.620. The number of hydrogen-bond donors (Lipinski definition) is 2. The lowest BCUT2D eigenvalue weighted by Gasteiger charge is -2.44. The van der Waals surface area contributed by atoms with Gasteiger partial charge in [0.1, 0.15) is 6.04 Å².